The molecule has 3 heteroatoms. The summed E-state index contributed by atoms with van der Waals surface area (Å²) in [6.07, 6.45) is 1.21. The molecule has 0 radical (unpaired) electrons. The Hall–Kier alpha value is -0.380. The lowest BCUT2D eigenvalue weighted by molar-refractivity contribution is 0.238. The summed E-state index contributed by atoms with van der Waals surface area (Å²) in [5.41, 5.74) is 1.42. The van der Waals surface area contributed by atoms with Crippen LogP contribution in [0.3, 0.4) is 0 Å². The second-order valence-electron chi connectivity index (χ2n) is 3.79. The van der Waals surface area contributed by atoms with Crippen LogP contribution in [-0.4, -0.2) is 31.6 Å². The molecule has 0 saturated carbocycles. The summed E-state index contributed by atoms with van der Waals surface area (Å²) in [5, 5.41) is 7.55. The number of hydrogen-bond acceptors (Lipinski definition) is 3. The molecule has 1 heterocycles. The summed E-state index contributed by atoms with van der Waals surface area (Å²) < 4.78 is 0. The molecule has 0 aliphatic heterocycles. The fourth-order valence-electron chi connectivity index (χ4n) is 1.40. The minimum atomic E-state index is 0.641. The van der Waals surface area contributed by atoms with Gasteiger partial charge in [-0.05, 0) is 56.4 Å². The van der Waals surface area contributed by atoms with Gasteiger partial charge in [-0.2, -0.15) is 11.3 Å². The first-order valence-corrected chi connectivity index (χ1v) is 6.04. The van der Waals surface area contributed by atoms with Gasteiger partial charge in [-0.15, -0.1) is 0 Å². The van der Waals surface area contributed by atoms with Gasteiger partial charge in [0.2, 0.25) is 0 Å². The number of rotatable bonds is 6. The minimum absolute atomic E-state index is 0.641. The van der Waals surface area contributed by atoms with Gasteiger partial charge in [-0.25, -0.2) is 0 Å². The summed E-state index contributed by atoms with van der Waals surface area (Å²) in [4.78, 5) is 2.40. The predicted molar refractivity (Wildman–Crippen MR) is 63.8 cm³/mol. The van der Waals surface area contributed by atoms with Crippen molar-refractivity contribution >= 4 is 11.3 Å². The Labute approximate surface area is 90.9 Å². The molecule has 1 N–H and O–H groups in total. The lowest BCUT2D eigenvalue weighted by Gasteiger charge is -2.24. The van der Waals surface area contributed by atoms with Gasteiger partial charge in [0, 0.05) is 12.6 Å². The van der Waals surface area contributed by atoms with Crippen LogP contribution in [0.1, 0.15) is 18.9 Å². The second-order valence-corrected chi connectivity index (χ2v) is 4.57. The zero-order valence-corrected chi connectivity index (χ0v) is 10.1. The molecule has 1 unspecified atom stereocenters. The lowest BCUT2D eigenvalue weighted by Crippen LogP contribution is -2.30. The Morgan fingerprint density at radius 1 is 1.57 bits per heavy atom. The molecule has 0 spiro atoms. The molecular formula is C11H20N2S. The van der Waals surface area contributed by atoms with Crippen molar-refractivity contribution in [2.45, 2.75) is 25.9 Å². The van der Waals surface area contributed by atoms with E-state index >= 15 is 0 Å². The van der Waals surface area contributed by atoms with Crippen molar-refractivity contribution in [1.29, 1.82) is 0 Å². The molecule has 0 saturated heterocycles. The van der Waals surface area contributed by atoms with Gasteiger partial charge in [0.15, 0.2) is 0 Å². The molecule has 0 amide bonds. The van der Waals surface area contributed by atoms with Gasteiger partial charge in [-0.3, -0.25) is 4.90 Å². The number of hydrogen-bond donors (Lipinski definition) is 1. The third-order valence-corrected chi connectivity index (χ3v) is 3.31. The molecule has 1 aromatic heterocycles. The molecule has 80 valence electrons. The first-order chi connectivity index (χ1) is 6.74. The van der Waals surface area contributed by atoms with Crippen molar-refractivity contribution in [3.63, 3.8) is 0 Å². The molecule has 1 aromatic rings. The Morgan fingerprint density at radius 3 is 2.93 bits per heavy atom. The maximum atomic E-state index is 3.19. The highest BCUT2D eigenvalue weighted by atomic mass is 32.1. The Morgan fingerprint density at radius 2 is 2.36 bits per heavy atom. The van der Waals surface area contributed by atoms with E-state index in [9.17, 15) is 0 Å². The fraction of sp³-hybridized carbons (Fsp3) is 0.636. The van der Waals surface area contributed by atoms with Crippen molar-refractivity contribution in [2.24, 2.45) is 0 Å². The van der Waals surface area contributed by atoms with Gasteiger partial charge in [0.05, 0.1) is 0 Å². The van der Waals surface area contributed by atoms with E-state index in [4.69, 9.17) is 0 Å². The van der Waals surface area contributed by atoms with Gasteiger partial charge in [0.25, 0.3) is 0 Å². The summed E-state index contributed by atoms with van der Waals surface area (Å²) in [6, 6.07) is 2.84. The lowest BCUT2D eigenvalue weighted by atomic mass is 10.2. The average Bonchev–Trinajstić information content (AvgIpc) is 2.66. The summed E-state index contributed by atoms with van der Waals surface area (Å²) in [6.45, 7) is 4.44. The predicted octanol–water partition coefficient (Wildman–Crippen LogP) is 2.18. The van der Waals surface area contributed by atoms with Crippen LogP contribution in [0.4, 0.5) is 0 Å². The molecule has 1 atom stereocenters. The zero-order chi connectivity index (χ0) is 10.4. The first-order valence-electron chi connectivity index (χ1n) is 5.10. The van der Waals surface area contributed by atoms with E-state index in [1.807, 2.05) is 7.05 Å². The smallest absolute Gasteiger partial charge is 0.0241 e. The summed E-state index contributed by atoms with van der Waals surface area (Å²) in [5.74, 6) is 0. The highest BCUT2D eigenvalue weighted by Gasteiger charge is 2.08. The normalized spacial score (nSPS) is 13.4. The van der Waals surface area contributed by atoms with Crippen LogP contribution in [0.2, 0.25) is 0 Å². The third-order valence-electron chi connectivity index (χ3n) is 2.58. The number of thiophene rings is 1. The topological polar surface area (TPSA) is 15.3 Å². The molecule has 0 aliphatic rings. The molecule has 1 rings (SSSR count). The van der Waals surface area contributed by atoms with Crippen LogP contribution in [0.5, 0.6) is 0 Å². The molecule has 0 fully saturated rings. The Bertz CT molecular complexity index is 233. The zero-order valence-electron chi connectivity index (χ0n) is 9.29. The average molecular weight is 212 g/mol. The van der Waals surface area contributed by atoms with Crippen LogP contribution in [0.25, 0.3) is 0 Å². The monoisotopic (exact) mass is 212 g/mol. The van der Waals surface area contributed by atoms with Crippen molar-refractivity contribution in [3.05, 3.63) is 22.4 Å². The van der Waals surface area contributed by atoms with Gasteiger partial charge >= 0.3 is 0 Å². The molecular weight excluding hydrogens is 192 g/mol. The van der Waals surface area contributed by atoms with Gasteiger partial charge < -0.3 is 5.32 Å². The summed E-state index contributed by atoms with van der Waals surface area (Å²) >= 11 is 1.77. The largest absolute Gasteiger partial charge is 0.320 e. The van der Waals surface area contributed by atoms with Crippen LogP contribution in [0.15, 0.2) is 16.8 Å². The highest BCUT2D eigenvalue weighted by molar-refractivity contribution is 7.07. The summed E-state index contributed by atoms with van der Waals surface area (Å²) in [7, 11) is 4.20. The van der Waals surface area contributed by atoms with E-state index in [0.717, 1.165) is 13.1 Å². The van der Waals surface area contributed by atoms with E-state index in [2.05, 4.69) is 41.0 Å². The third kappa shape index (κ3) is 3.78. The minimum Gasteiger partial charge on any atom is -0.320 e. The number of nitrogens with one attached hydrogen (secondary N) is 1. The maximum absolute atomic E-state index is 3.19. The van der Waals surface area contributed by atoms with Crippen molar-refractivity contribution in [3.8, 4) is 0 Å². The molecule has 0 aromatic carbocycles. The van der Waals surface area contributed by atoms with Crippen LogP contribution < -0.4 is 5.32 Å². The van der Waals surface area contributed by atoms with E-state index in [1.54, 1.807) is 11.3 Å². The van der Waals surface area contributed by atoms with Crippen molar-refractivity contribution in [2.75, 3.05) is 20.6 Å². The Kier molecular flexibility index (Phi) is 5.15. The Balaban J connectivity index is 2.30. The highest BCUT2D eigenvalue weighted by Crippen LogP contribution is 2.11. The first kappa shape index (κ1) is 11.7. The molecule has 0 aliphatic carbocycles. The van der Waals surface area contributed by atoms with Crippen LogP contribution >= 0.6 is 11.3 Å². The number of nitrogens with zero attached hydrogens (tertiary/aromatic N) is 1. The van der Waals surface area contributed by atoms with Crippen LogP contribution in [0, 0.1) is 0 Å². The molecule has 0 bridgehead atoms. The van der Waals surface area contributed by atoms with E-state index in [1.165, 1.54) is 12.0 Å². The van der Waals surface area contributed by atoms with Crippen molar-refractivity contribution in [1.82, 2.24) is 10.2 Å². The molecule has 2 nitrogen and oxygen atoms in total. The standard InChI is InChI=1S/C11H20N2S/c1-10(4-6-12-2)13(3)8-11-5-7-14-9-11/h5,7,9-10,12H,4,6,8H2,1-3H3. The quantitative estimate of drug-likeness (QED) is 0.777. The van der Waals surface area contributed by atoms with Crippen molar-refractivity contribution < 1.29 is 0 Å². The second kappa shape index (κ2) is 6.17. The molecule has 14 heavy (non-hydrogen) atoms. The van der Waals surface area contributed by atoms with Gasteiger partial charge in [-0.1, -0.05) is 0 Å². The van der Waals surface area contributed by atoms with E-state index in [-0.39, 0.29) is 0 Å². The van der Waals surface area contributed by atoms with Gasteiger partial charge in [0.1, 0.15) is 0 Å². The fourth-order valence-corrected chi connectivity index (χ4v) is 2.06. The van der Waals surface area contributed by atoms with E-state index in [0.29, 0.717) is 6.04 Å². The van der Waals surface area contributed by atoms with E-state index < -0.39 is 0 Å². The van der Waals surface area contributed by atoms with Crippen LogP contribution in [-0.2, 0) is 6.54 Å². The maximum Gasteiger partial charge on any atom is 0.0241 e. The SMILES string of the molecule is CNCCC(C)N(C)Cc1ccsc1.